The van der Waals surface area contributed by atoms with Gasteiger partial charge in [0.05, 0.1) is 0 Å². The molecule has 446 valence electrons. The smallest absolute Gasteiger partial charge is 0.306 e. The SMILES string of the molecule is CC/C=C\C/C=C\C/C=C\C/C=C\C/C=C\C/C=C\C/C=C\C/C=C\C/C=C\CCCC(=O)OCC(COC(=O)CCCCCCC/C=C\CCCCCCCCC)OC(=O)CCC/C=C\C/C=C\C/C=C\C/C=C\C/C=C\CC. The zero-order valence-corrected chi connectivity index (χ0v) is 51.0. The van der Waals surface area contributed by atoms with Crippen molar-refractivity contribution < 1.29 is 28.6 Å². The van der Waals surface area contributed by atoms with Crippen LogP contribution in [-0.2, 0) is 28.6 Å². The largest absolute Gasteiger partial charge is 0.462 e. The summed E-state index contributed by atoms with van der Waals surface area (Å²) in [5.74, 6) is -1.07. The van der Waals surface area contributed by atoms with Crippen molar-refractivity contribution in [3.05, 3.63) is 182 Å². The van der Waals surface area contributed by atoms with E-state index in [4.69, 9.17) is 14.2 Å². The van der Waals surface area contributed by atoms with Gasteiger partial charge in [-0.1, -0.05) is 261 Å². The summed E-state index contributed by atoms with van der Waals surface area (Å²) in [6, 6.07) is 0. The van der Waals surface area contributed by atoms with E-state index in [1.165, 1.54) is 57.8 Å². The molecule has 80 heavy (non-hydrogen) atoms. The number of ether oxygens (including phenoxy) is 3. The molecule has 0 rings (SSSR count). The van der Waals surface area contributed by atoms with Crippen LogP contribution in [0, 0.1) is 0 Å². The first-order valence-corrected chi connectivity index (χ1v) is 31.8. The third kappa shape index (κ3) is 63.3. The first kappa shape index (κ1) is 74.5. The molecular weight excluding hydrogens is 985 g/mol. The molecule has 0 saturated carbocycles. The lowest BCUT2D eigenvalue weighted by molar-refractivity contribution is -0.167. The van der Waals surface area contributed by atoms with Crippen LogP contribution in [0.4, 0.5) is 0 Å². The topological polar surface area (TPSA) is 78.9 Å². The molecule has 0 aromatic rings. The summed E-state index contributed by atoms with van der Waals surface area (Å²) in [6.07, 6.45) is 99.1. The summed E-state index contributed by atoms with van der Waals surface area (Å²) < 4.78 is 16.8. The van der Waals surface area contributed by atoms with Gasteiger partial charge in [-0.25, -0.2) is 0 Å². The highest BCUT2D eigenvalue weighted by Crippen LogP contribution is 2.13. The second-order valence-electron chi connectivity index (χ2n) is 20.2. The predicted molar refractivity (Wildman–Crippen MR) is 348 cm³/mol. The molecule has 1 atom stereocenters. The number of hydrogen-bond acceptors (Lipinski definition) is 6. The normalized spacial score (nSPS) is 13.4. The number of hydrogen-bond donors (Lipinski definition) is 0. The number of rotatable bonds is 55. The minimum atomic E-state index is -0.846. The molecule has 0 heterocycles. The van der Waals surface area contributed by atoms with Crippen molar-refractivity contribution in [1.82, 2.24) is 0 Å². The number of allylic oxidation sites excluding steroid dienone is 30. The van der Waals surface area contributed by atoms with Crippen molar-refractivity contribution in [2.75, 3.05) is 13.2 Å². The Kier molecular flexibility index (Phi) is 61.5. The molecule has 0 amide bonds. The van der Waals surface area contributed by atoms with Gasteiger partial charge in [-0.05, 0) is 148 Å². The molecular formula is C74H114O6. The zero-order valence-electron chi connectivity index (χ0n) is 51.0. The predicted octanol–water partition coefficient (Wildman–Crippen LogP) is 22.0. The highest BCUT2D eigenvalue weighted by atomic mass is 16.6. The van der Waals surface area contributed by atoms with Crippen molar-refractivity contribution in [3.63, 3.8) is 0 Å². The lowest BCUT2D eigenvalue weighted by Gasteiger charge is -2.18. The van der Waals surface area contributed by atoms with Crippen molar-refractivity contribution in [2.45, 2.75) is 252 Å². The molecule has 0 bridgehead atoms. The van der Waals surface area contributed by atoms with Gasteiger partial charge in [-0.2, -0.15) is 0 Å². The molecule has 0 aromatic carbocycles. The van der Waals surface area contributed by atoms with Gasteiger partial charge in [-0.3, -0.25) is 14.4 Å². The van der Waals surface area contributed by atoms with E-state index in [-0.39, 0.29) is 38.0 Å². The minimum Gasteiger partial charge on any atom is -0.462 e. The number of carbonyl (C=O) groups is 3. The van der Waals surface area contributed by atoms with Crippen LogP contribution in [0.2, 0.25) is 0 Å². The van der Waals surface area contributed by atoms with E-state index in [2.05, 4.69) is 203 Å². The maximum Gasteiger partial charge on any atom is 0.306 e. The van der Waals surface area contributed by atoms with E-state index in [9.17, 15) is 14.4 Å². The van der Waals surface area contributed by atoms with Crippen LogP contribution in [0.15, 0.2) is 182 Å². The van der Waals surface area contributed by atoms with Gasteiger partial charge in [0.1, 0.15) is 13.2 Å². The summed E-state index contributed by atoms with van der Waals surface area (Å²) >= 11 is 0. The van der Waals surface area contributed by atoms with Crippen LogP contribution in [-0.4, -0.2) is 37.2 Å². The number of unbranched alkanes of at least 4 members (excludes halogenated alkanes) is 14. The van der Waals surface area contributed by atoms with E-state index >= 15 is 0 Å². The summed E-state index contributed by atoms with van der Waals surface area (Å²) in [4.78, 5) is 38.3. The molecule has 6 heteroatoms. The average molecular weight is 1100 g/mol. The number of esters is 3. The Bertz CT molecular complexity index is 1890. The molecule has 0 saturated heterocycles. The highest BCUT2D eigenvalue weighted by Gasteiger charge is 2.19. The average Bonchev–Trinajstić information content (AvgIpc) is 3.46. The van der Waals surface area contributed by atoms with Gasteiger partial charge < -0.3 is 14.2 Å². The van der Waals surface area contributed by atoms with Gasteiger partial charge in [0, 0.05) is 19.3 Å². The van der Waals surface area contributed by atoms with Crippen LogP contribution in [0.3, 0.4) is 0 Å². The Morgan fingerprint density at radius 3 is 0.825 bits per heavy atom. The van der Waals surface area contributed by atoms with Crippen LogP contribution >= 0.6 is 0 Å². The Balaban J connectivity index is 4.56. The lowest BCUT2D eigenvalue weighted by atomic mass is 10.1. The Labute approximate surface area is 491 Å². The monoisotopic (exact) mass is 1100 g/mol. The zero-order chi connectivity index (χ0) is 57.8. The fourth-order valence-electron chi connectivity index (χ4n) is 7.94. The van der Waals surface area contributed by atoms with E-state index in [0.29, 0.717) is 19.3 Å². The second-order valence-corrected chi connectivity index (χ2v) is 20.2. The van der Waals surface area contributed by atoms with Gasteiger partial charge in [0.25, 0.3) is 0 Å². The second kappa shape index (κ2) is 66.0. The van der Waals surface area contributed by atoms with Crippen LogP contribution < -0.4 is 0 Å². The Hall–Kier alpha value is -5.49. The lowest BCUT2D eigenvalue weighted by Crippen LogP contribution is -2.30. The quantitative estimate of drug-likeness (QED) is 0.0261. The van der Waals surface area contributed by atoms with Crippen molar-refractivity contribution in [1.29, 1.82) is 0 Å². The molecule has 6 nitrogen and oxygen atoms in total. The maximum atomic E-state index is 12.9. The molecule has 0 N–H and O–H groups in total. The summed E-state index contributed by atoms with van der Waals surface area (Å²) in [5.41, 5.74) is 0. The molecule has 1 unspecified atom stereocenters. The van der Waals surface area contributed by atoms with Gasteiger partial charge in [-0.15, -0.1) is 0 Å². The molecule has 0 radical (unpaired) electrons. The standard InChI is InChI=1S/C74H114O6/c1-4-7-10-13-16-19-22-25-28-31-32-33-34-35-36-37-38-39-40-41-42-44-46-49-52-55-58-61-64-67-73(76)79-70-71(69-78-72(75)66-63-60-57-54-51-48-45-30-27-24-21-18-15-12-9-6-3)80-74(77)68-65-62-59-56-53-50-47-43-29-26-23-20-17-14-11-8-5-2/h7-8,10-11,16-17,19-20,25-26,28-30,32-33,35-36,38-39,41-42,45-47,49-50,55-56,58-59,71H,4-6,9,12-15,18,21-24,27,31,34,37,40,43-44,48,51-54,57,60-70H2,1-3H3/b10-7-,11-8-,19-16-,20-17-,28-25-,29-26-,33-32-,36-35-,39-38-,42-41-,45-30-,49-46-,50-47-,58-55-,59-56-. The molecule has 0 aliphatic carbocycles. The van der Waals surface area contributed by atoms with E-state index < -0.39 is 12.1 Å². The van der Waals surface area contributed by atoms with Crippen LogP contribution in [0.1, 0.15) is 245 Å². The Morgan fingerprint density at radius 1 is 0.263 bits per heavy atom. The van der Waals surface area contributed by atoms with Gasteiger partial charge >= 0.3 is 17.9 Å². The highest BCUT2D eigenvalue weighted by molar-refractivity contribution is 5.71. The van der Waals surface area contributed by atoms with E-state index in [1.54, 1.807) is 0 Å². The van der Waals surface area contributed by atoms with Crippen molar-refractivity contribution >= 4 is 17.9 Å². The first-order valence-electron chi connectivity index (χ1n) is 31.8. The van der Waals surface area contributed by atoms with Gasteiger partial charge in [0.2, 0.25) is 0 Å². The van der Waals surface area contributed by atoms with Crippen molar-refractivity contribution in [3.8, 4) is 0 Å². The molecule has 0 spiro atoms. The fraction of sp³-hybridized carbons (Fsp3) is 0.554. The summed E-state index contributed by atoms with van der Waals surface area (Å²) in [5, 5.41) is 0. The van der Waals surface area contributed by atoms with E-state index in [1.807, 2.05) is 0 Å². The van der Waals surface area contributed by atoms with Crippen molar-refractivity contribution in [2.24, 2.45) is 0 Å². The van der Waals surface area contributed by atoms with Crippen LogP contribution in [0.5, 0.6) is 0 Å². The Morgan fingerprint density at radius 2 is 0.500 bits per heavy atom. The van der Waals surface area contributed by atoms with Gasteiger partial charge in [0.15, 0.2) is 6.10 Å². The number of carbonyl (C=O) groups excluding carboxylic acids is 3. The summed E-state index contributed by atoms with van der Waals surface area (Å²) in [6.45, 7) is 6.29. The molecule has 0 aliphatic heterocycles. The summed E-state index contributed by atoms with van der Waals surface area (Å²) in [7, 11) is 0. The molecule has 0 aromatic heterocycles. The third-order valence-corrected chi connectivity index (χ3v) is 12.6. The van der Waals surface area contributed by atoms with E-state index in [0.717, 1.165) is 135 Å². The van der Waals surface area contributed by atoms with Crippen LogP contribution in [0.25, 0.3) is 0 Å². The maximum absolute atomic E-state index is 12.9. The molecule has 0 fully saturated rings. The minimum absolute atomic E-state index is 0.132. The fourth-order valence-corrected chi connectivity index (χ4v) is 7.94. The molecule has 0 aliphatic rings. The third-order valence-electron chi connectivity index (χ3n) is 12.6. The first-order chi connectivity index (χ1) is 39.5.